The molecular weight excluding hydrogens is 214 g/mol. The predicted molar refractivity (Wildman–Crippen MR) is 65.4 cm³/mol. The molecule has 1 aromatic heterocycles. The number of benzene rings is 1. The first-order valence-corrected chi connectivity index (χ1v) is 5.50. The summed E-state index contributed by atoms with van der Waals surface area (Å²) in [6.07, 6.45) is 3.40. The van der Waals surface area contributed by atoms with Crippen molar-refractivity contribution in [3.8, 4) is 5.75 Å². The van der Waals surface area contributed by atoms with Crippen LogP contribution in [-0.2, 0) is 6.61 Å². The van der Waals surface area contributed by atoms with E-state index in [4.69, 9.17) is 10.5 Å². The van der Waals surface area contributed by atoms with Crippen LogP contribution in [0.3, 0.4) is 0 Å². The minimum absolute atomic E-state index is 0.00604. The van der Waals surface area contributed by atoms with Crippen LogP contribution >= 0.6 is 0 Å². The lowest BCUT2D eigenvalue weighted by Crippen LogP contribution is -2.05. The van der Waals surface area contributed by atoms with Gasteiger partial charge in [0.05, 0.1) is 0 Å². The van der Waals surface area contributed by atoms with E-state index in [9.17, 15) is 0 Å². The zero-order chi connectivity index (χ0) is 12.1. The average molecular weight is 229 g/mol. The number of nitrogens with zero attached hydrogens (tertiary/aromatic N) is 2. The topological polar surface area (TPSA) is 61.0 Å². The first kappa shape index (κ1) is 11.5. The second-order valence-electron chi connectivity index (χ2n) is 3.81. The molecule has 0 saturated heterocycles. The average Bonchev–Trinajstić information content (AvgIpc) is 2.38. The van der Waals surface area contributed by atoms with E-state index in [1.165, 1.54) is 0 Å². The predicted octanol–water partition coefficient (Wildman–Crippen LogP) is 2.08. The molecule has 0 aliphatic carbocycles. The van der Waals surface area contributed by atoms with Crippen LogP contribution in [0.5, 0.6) is 5.75 Å². The Morgan fingerprint density at radius 1 is 1.24 bits per heavy atom. The summed E-state index contributed by atoms with van der Waals surface area (Å²) in [5.41, 5.74) is 6.86. The van der Waals surface area contributed by atoms with Crippen molar-refractivity contribution in [2.75, 3.05) is 0 Å². The largest absolute Gasteiger partial charge is 0.486 e. The molecule has 1 aromatic carbocycles. The van der Waals surface area contributed by atoms with Gasteiger partial charge in [0, 0.05) is 18.4 Å². The van der Waals surface area contributed by atoms with Gasteiger partial charge in [0.25, 0.3) is 0 Å². The van der Waals surface area contributed by atoms with Gasteiger partial charge in [-0.15, -0.1) is 0 Å². The van der Waals surface area contributed by atoms with Gasteiger partial charge in [0.1, 0.15) is 12.4 Å². The van der Waals surface area contributed by atoms with E-state index in [1.807, 2.05) is 31.2 Å². The fourth-order valence-corrected chi connectivity index (χ4v) is 1.44. The Morgan fingerprint density at radius 3 is 2.71 bits per heavy atom. The molecule has 0 aliphatic heterocycles. The van der Waals surface area contributed by atoms with E-state index in [-0.39, 0.29) is 6.04 Å². The lowest BCUT2D eigenvalue weighted by Gasteiger charge is -2.09. The Morgan fingerprint density at radius 2 is 2.00 bits per heavy atom. The third-order valence-corrected chi connectivity index (χ3v) is 2.37. The molecule has 88 valence electrons. The summed E-state index contributed by atoms with van der Waals surface area (Å²) in [5.74, 6) is 1.45. The van der Waals surface area contributed by atoms with E-state index in [0.29, 0.717) is 12.4 Å². The van der Waals surface area contributed by atoms with Gasteiger partial charge in [-0.25, -0.2) is 9.97 Å². The third-order valence-electron chi connectivity index (χ3n) is 2.37. The second-order valence-corrected chi connectivity index (χ2v) is 3.81. The summed E-state index contributed by atoms with van der Waals surface area (Å²) >= 11 is 0. The summed E-state index contributed by atoms with van der Waals surface area (Å²) in [6.45, 7) is 2.31. The minimum atomic E-state index is 0.00604. The van der Waals surface area contributed by atoms with Gasteiger partial charge in [0.15, 0.2) is 5.82 Å². The molecular formula is C13H15N3O. The highest BCUT2D eigenvalue weighted by atomic mass is 16.5. The molecule has 4 heteroatoms. The fraction of sp³-hybridized carbons (Fsp3) is 0.231. The zero-order valence-corrected chi connectivity index (χ0v) is 9.71. The number of hydrogen-bond acceptors (Lipinski definition) is 4. The molecule has 0 spiro atoms. The van der Waals surface area contributed by atoms with Crippen molar-refractivity contribution in [2.24, 2.45) is 5.73 Å². The smallest absolute Gasteiger partial charge is 0.166 e. The van der Waals surface area contributed by atoms with Gasteiger partial charge in [-0.2, -0.15) is 0 Å². The molecule has 1 unspecified atom stereocenters. The van der Waals surface area contributed by atoms with Crippen LogP contribution in [0.15, 0.2) is 42.7 Å². The van der Waals surface area contributed by atoms with Crippen LogP contribution in [0.25, 0.3) is 0 Å². The molecule has 0 bridgehead atoms. The first-order valence-electron chi connectivity index (χ1n) is 5.50. The number of ether oxygens (including phenoxy) is 1. The molecule has 0 fully saturated rings. The molecule has 17 heavy (non-hydrogen) atoms. The van der Waals surface area contributed by atoms with Gasteiger partial charge in [-0.3, -0.25) is 0 Å². The highest BCUT2D eigenvalue weighted by Crippen LogP contribution is 2.18. The molecule has 2 N–H and O–H groups in total. The monoisotopic (exact) mass is 229 g/mol. The summed E-state index contributed by atoms with van der Waals surface area (Å²) in [7, 11) is 0. The fourth-order valence-electron chi connectivity index (χ4n) is 1.44. The zero-order valence-electron chi connectivity index (χ0n) is 9.71. The Kier molecular flexibility index (Phi) is 3.67. The van der Waals surface area contributed by atoms with E-state index in [0.717, 1.165) is 11.3 Å². The number of hydrogen-bond donors (Lipinski definition) is 1. The summed E-state index contributed by atoms with van der Waals surface area (Å²) in [6, 6.07) is 9.53. The normalized spacial score (nSPS) is 12.1. The molecule has 0 aliphatic rings. The van der Waals surface area contributed by atoms with E-state index in [1.54, 1.807) is 18.5 Å². The Balaban J connectivity index is 2.02. The first-order chi connectivity index (χ1) is 8.25. The number of rotatable bonds is 4. The molecule has 1 atom stereocenters. The van der Waals surface area contributed by atoms with Gasteiger partial charge >= 0.3 is 0 Å². The SMILES string of the molecule is CC(N)c1cccc(OCc2ncccn2)c1. The van der Waals surface area contributed by atoms with Gasteiger partial charge < -0.3 is 10.5 Å². The molecule has 4 nitrogen and oxygen atoms in total. The lowest BCUT2D eigenvalue weighted by atomic mass is 10.1. The minimum Gasteiger partial charge on any atom is -0.486 e. The van der Waals surface area contributed by atoms with Crippen molar-refractivity contribution in [3.05, 3.63) is 54.1 Å². The van der Waals surface area contributed by atoms with Crippen LogP contribution in [0, 0.1) is 0 Å². The van der Waals surface area contributed by atoms with E-state index >= 15 is 0 Å². The lowest BCUT2D eigenvalue weighted by molar-refractivity contribution is 0.295. The Labute approximate surface area is 100 Å². The van der Waals surface area contributed by atoms with Crippen molar-refractivity contribution >= 4 is 0 Å². The van der Waals surface area contributed by atoms with Crippen molar-refractivity contribution in [3.63, 3.8) is 0 Å². The highest BCUT2D eigenvalue weighted by Gasteiger charge is 2.02. The van der Waals surface area contributed by atoms with Gasteiger partial charge in [-0.05, 0) is 30.7 Å². The van der Waals surface area contributed by atoms with Gasteiger partial charge in [0.2, 0.25) is 0 Å². The maximum Gasteiger partial charge on any atom is 0.166 e. The highest BCUT2D eigenvalue weighted by molar-refractivity contribution is 5.30. The quantitative estimate of drug-likeness (QED) is 0.871. The molecule has 0 saturated carbocycles. The van der Waals surface area contributed by atoms with Crippen LogP contribution in [0.4, 0.5) is 0 Å². The third kappa shape index (κ3) is 3.26. The molecule has 1 heterocycles. The number of aromatic nitrogens is 2. The molecule has 2 rings (SSSR count). The second kappa shape index (κ2) is 5.41. The Bertz CT molecular complexity index is 471. The Hall–Kier alpha value is -1.94. The summed E-state index contributed by atoms with van der Waals surface area (Å²) in [4.78, 5) is 8.18. The maximum absolute atomic E-state index is 5.81. The van der Waals surface area contributed by atoms with Crippen molar-refractivity contribution in [1.29, 1.82) is 0 Å². The van der Waals surface area contributed by atoms with Crippen LogP contribution in [0.2, 0.25) is 0 Å². The van der Waals surface area contributed by atoms with Crippen LogP contribution in [-0.4, -0.2) is 9.97 Å². The molecule has 2 aromatic rings. The van der Waals surface area contributed by atoms with E-state index in [2.05, 4.69) is 9.97 Å². The molecule has 0 amide bonds. The summed E-state index contributed by atoms with van der Waals surface area (Å²) < 4.78 is 5.60. The van der Waals surface area contributed by atoms with E-state index < -0.39 is 0 Å². The summed E-state index contributed by atoms with van der Waals surface area (Å²) in [5, 5.41) is 0. The van der Waals surface area contributed by atoms with Gasteiger partial charge in [-0.1, -0.05) is 12.1 Å². The number of nitrogens with two attached hydrogens (primary N) is 1. The van der Waals surface area contributed by atoms with Crippen molar-refractivity contribution in [2.45, 2.75) is 19.6 Å². The van der Waals surface area contributed by atoms with Crippen LogP contribution in [0.1, 0.15) is 24.4 Å². The standard InChI is InChI=1S/C13H15N3O/c1-10(14)11-4-2-5-12(8-11)17-9-13-15-6-3-7-16-13/h2-8,10H,9,14H2,1H3. The maximum atomic E-state index is 5.81. The molecule has 0 radical (unpaired) electrons. The van der Waals surface area contributed by atoms with Crippen molar-refractivity contribution < 1.29 is 4.74 Å². The van der Waals surface area contributed by atoms with Crippen LogP contribution < -0.4 is 10.5 Å². The van der Waals surface area contributed by atoms with Crippen molar-refractivity contribution in [1.82, 2.24) is 9.97 Å².